The maximum atomic E-state index is 12.5. The summed E-state index contributed by atoms with van der Waals surface area (Å²) in [5.41, 5.74) is 0.973. The molecule has 1 N–H and O–H groups in total. The molecule has 0 spiro atoms. The van der Waals surface area contributed by atoms with E-state index in [0.29, 0.717) is 33.1 Å². The Hall–Kier alpha value is -2.99. The topological polar surface area (TPSA) is 69.6 Å². The summed E-state index contributed by atoms with van der Waals surface area (Å²) < 4.78 is 12.1. The maximum absolute atomic E-state index is 12.5. The Morgan fingerprint density at radius 3 is 2.65 bits per heavy atom. The van der Waals surface area contributed by atoms with Gasteiger partial charge in [0, 0.05) is 28.7 Å². The zero-order valence-corrected chi connectivity index (χ0v) is 15.0. The monoisotopic (exact) mass is 372 g/mol. The molecule has 134 valence electrons. The van der Waals surface area contributed by atoms with Gasteiger partial charge in [-0.2, -0.15) is 0 Å². The van der Waals surface area contributed by atoms with Gasteiger partial charge in [-0.25, -0.2) is 0 Å². The molecule has 1 amide bonds. The van der Waals surface area contributed by atoms with E-state index >= 15 is 0 Å². The molecule has 2 aromatic carbocycles. The first kappa shape index (κ1) is 17.8. The van der Waals surface area contributed by atoms with Crippen LogP contribution in [0.5, 0.6) is 11.5 Å². The molecule has 0 saturated heterocycles. The summed E-state index contributed by atoms with van der Waals surface area (Å²) in [6.07, 6.45) is 1.57. The normalized spacial score (nSPS) is 10.6. The van der Waals surface area contributed by atoms with Gasteiger partial charge in [-0.3, -0.25) is 9.59 Å². The van der Waals surface area contributed by atoms with E-state index in [4.69, 9.17) is 21.1 Å². The van der Waals surface area contributed by atoms with Crippen LogP contribution in [0.15, 0.2) is 53.5 Å². The number of ether oxygens (including phenoxy) is 2. The molecule has 0 saturated carbocycles. The van der Waals surface area contributed by atoms with Crippen molar-refractivity contribution in [3.8, 4) is 11.5 Å². The van der Waals surface area contributed by atoms with Crippen molar-refractivity contribution >= 4 is 34.1 Å². The molecule has 0 aliphatic carbocycles. The van der Waals surface area contributed by atoms with Gasteiger partial charge in [-0.15, -0.1) is 0 Å². The molecule has 0 bridgehead atoms. The molecule has 7 heteroatoms. The highest BCUT2D eigenvalue weighted by molar-refractivity contribution is 6.31. The maximum Gasteiger partial charge on any atom is 0.244 e. The number of anilines is 1. The van der Waals surface area contributed by atoms with Gasteiger partial charge >= 0.3 is 0 Å². The summed E-state index contributed by atoms with van der Waals surface area (Å²) >= 11 is 6.04. The average Bonchev–Trinajstić information content (AvgIpc) is 2.64. The third-order valence-corrected chi connectivity index (χ3v) is 4.17. The molecule has 1 aromatic heterocycles. The minimum absolute atomic E-state index is 0.0114. The number of pyridine rings is 1. The number of fused-ring (bicyclic) bond motifs is 1. The van der Waals surface area contributed by atoms with Crippen LogP contribution in [0.25, 0.3) is 10.9 Å². The average molecular weight is 373 g/mol. The van der Waals surface area contributed by atoms with Crippen molar-refractivity contribution < 1.29 is 14.3 Å². The van der Waals surface area contributed by atoms with E-state index in [-0.39, 0.29) is 17.9 Å². The molecule has 3 rings (SSSR count). The lowest BCUT2D eigenvalue weighted by Crippen LogP contribution is -2.20. The van der Waals surface area contributed by atoms with Crippen molar-refractivity contribution in [3.63, 3.8) is 0 Å². The molecule has 0 radical (unpaired) electrons. The second-order valence-electron chi connectivity index (χ2n) is 5.58. The summed E-state index contributed by atoms with van der Waals surface area (Å²) in [5.74, 6) is 0.843. The summed E-state index contributed by atoms with van der Waals surface area (Å²) in [6, 6.07) is 11.5. The Bertz CT molecular complexity index is 1030. The number of halogens is 1. The van der Waals surface area contributed by atoms with Crippen LogP contribution in [0.2, 0.25) is 5.02 Å². The number of nitrogens with one attached hydrogen (secondary N) is 1. The van der Waals surface area contributed by atoms with Crippen LogP contribution < -0.4 is 20.2 Å². The van der Waals surface area contributed by atoms with Crippen molar-refractivity contribution in [1.29, 1.82) is 0 Å². The quantitative estimate of drug-likeness (QED) is 0.746. The van der Waals surface area contributed by atoms with E-state index in [9.17, 15) is 9.59 Å². The molecule has 3 aromatic rings. The predicted molar refractivity (Wildman–Crippen MR) is 101 cm³/mol. The first-order valence-corrected chi connectivity index (χ1v) is 8.20. The van der Waals surface area contributed by atoms with Gasteiger partial charge in [0.1, 0.15) is 18.0 Å². The first-order chi connectivity index (χ1) is 12.5. The van der Waals surface area contributed by atoms with Gasteiger partial charge in [-0.1, -0.05) is 11.6 Å². The molecule has 0 unspecified atom stereocenters. The zero-order chi connectivity index (χ0) is 18.7. The van der Waals surface area contributed by atoms with Gasteiger partial charge in [0.25, 0.3) is 0 Å². The fraction of sp³-hybridized carbons (Fsp3) is 0.158. The minimum atomic E-state index is -0.276. The van der Waals surface area contributed by atoms with E-state index in [1.54, 1.807) is 54.3 Å². The highest BCUT2D eigenvalue weighted by Crippen LogP contribution is 2.29. The summed E-state index contributed by atoms with van der Waals surface area (Å²) in [5, 5.41) is 3.80. The highest BCUT2D eigenvalue weighted by atomic mass is 35.5. The zero-order valence-electron chi connectivity index (χ0n) is 14.3. The second-order valence-corrected chi connectivity index (χ2v) is 6.02. The molecule has 0 aliphatic rings. The number of hydrogen-bond acceptors (Lipinski definition) is 4. The molecule has 0 fully saturated rings. The van der Waals surface area contributed by atoms with Crippen molar-refractivity contribution in [3.05, 3.63) is 63.9 Å². The molecule has 0 aliphatic heterocycles. The van der Waals surface area contributed by atoms with Crippen molar-refractivity contribution in [2.75, 3.05) is 19.5 Å². The van der Waals surface area contributed by atoms with Gasteiger partial charge in [-0.05, 0) is 30.3 Å². The van der Waals surface area contributed by atoms with Crippen molar-refractivity contribution in [2.24, 2.45) is 0 Å². The number of nitrogens with zero attached hydrogens (tertiary/aromatic N) is 1. The lowest BCUT2D eigenvalue weighted by molar-refractivity contribution is -0.116. The summed E-state index contributed by atoms with van der Waals surface area (Å²) in [4.78, 5) is 24.5. The smallest absolute Gasteiger partial charge is 0.244 e. The van der Waals surface area contributed by atoms with Crippen LogP contribution in [0.1, 0.15) is 0 Å². The summed E-state index contributed by atoms with van der Waals surface area (Å²) in [7, 11) is 3.07. The first-order valence-electron chi connectivity index (χ1n) is 7.82. The number of methoxy groups -OCH3 is 2. The van der Waals surface area contributed by atoms with Crippen LogP contribution in [0.4, 0.5) is 5.69 Å². The molecular formula is C19H17ClN2O4. The van der Waals surface area contributed by atoms with Crippen LogP contribution in [0, 0.1) is 0 Å². The molecule has 26 heavy (non-hydrogen) atoms. The Kier molecular flexibility index (Phi) is 5.14. The summed E-state index contributed by atoms with van der Waals surface area (Å²) in [6.45, 7) is 0.0114. The molecule has 0 atom stereocenters. The number of aromatic nitrogens is 1. The second kappa shape index (κ2) is 7.49. The lowest BCUT2D eigenvalue weighted by Gasteiger charge is -2.14. The van der Waals surface area contributed by atoms with Gasteiger partial charge in [0.15, 0.2) is 5.43 Å². The number of carbonyl (C=O) groups is 1. The largest absolute Gasteiger partial charge is 0.497 e. The molecule has 1 heterocycles. The van der Waals surface area contributed by atoms with Crippen LogP contribution in [0.3, 0.4) is 0 Å². The van der Waals surface area contributed by atoms with E-state index < -0.39 is 0 Å². The van der Waals surface area contributed by atoms with E-state index in [1.165, 1.54) is 13.2 Å². The number of rotatable bonds is 5. The van der Waals surface area contributed by atoms with Crippen molar-refractivity contribution in [1.82, 2.24) is 4.57 Å². The Morgan fingerprint density at radius 1 is 1.12 bits per heavy atom. The standard InChI is InChI=1S/C19H17ClN2O4/c1-25-13-4-6-18(26-2)15(10-13)21-19(24)11-22-8-7-17(23)14-5-3-12(20)9-16(14)22/h3-10H,11H2,1-2H3,(H,21,24). The van der Waals surface area contributed by atoms with Gasteiger partial charge in [0.2, 0.25) is 5.91 Å². The Labute approximate surface area is 154 Å². The van der Waals surface area contributed by atoms with E-state index in [2.05, 4.69) is 5.32 Å². The van der Waals surface area contributed by atoms with Gasteiger partial charge < -0.3 is 19.4 Å². The third-order valence-electron chi connectivity index (χ3n) is 3.94. The van der Waals surface area contributed by atoms with Crippen LogP contribution in [-0.2, 0) is 11.3 Å². The van der Waals surface area contributed by atoms with Crippen molar-refractivity contribution in [2.45, 2.75) is 6.54 Å². The molecular weight excluding hydrogens is 356 g/mol. The fourth-order valence-electron chi connectivity index (χ4n) is 2.67. The SMILES string of the molecule is COc1ccc(OC)c(NC(=O)Cn2ccc(=O)c3ccc(Cl)cc32)c1. The van der Waals surface area contributed by atoms with E-state index in [1.807, 2.05) is 0 Å². The number of hydrogen-bond donors (Lipinski definition) is 1. The fourth-order valence-corrected chi connectivity index (χ4v) is 2.84. The van der Waals surface area contributed by atoms with Crippen LogP contribution in [-0.4, -0.2) is 24.7 Å². The Morgan fingerprint density at radius 2 is 1.92 bits per heavy atom. The third kappa shape index (κ3) is 3.65. The highest BCUT2D eigenvalue weighted by Gasteiger charge is 2.11. The predicted octanol–water partition coefficient (Wildman–Crippen LogP) is 3.31. The number of benzene rings is 2. The van der Waals surface area contributed by atoms with E-state index in [0.717, 1.165) is 0 Å². The number of amides is 1. The van der Waals surface area contributed by atoms with Crippen LogP contribution >= 0.6 is 11.6 Å². The Balaban J connectivity index is 1.90. The van der Waals surface area contributed by atoms with Gasteiger partial charge in [0.05, 0.1) is 25.4 Å². The minimum Gasteiger partial charge on any atom is -0.497 e. The number of carbonyl (C=O) groups excluding carboxylic acids is 1. The molecule has 6 nitrogen and oxygen atoms in total. The lowest BCUT2D eigenvalue weighted by atomic mass is 10.2.